The Bertz CT molecular complexity index is 372. The molecule has 0 radical (unpaired) electrons. The summed E-state index contributed by atoms with van der Waals surface area (Å²) in [6, 6.07) is 0. The van der Waals surface area contributed by atoms with E-state index in [2.05, 4.69) is 49.7 Å². The van der Waals surface area contributed by atoms with Gasteiger partial charge in [0.15, 0.2) is 0 Å². The summed E-state index contributed by atoms with van der Waals surface area (Å²) >= 11 is 3.16. The Labute approximate surface area is 231 Å². The minimum absolute atomic E-state index is 1.37. The molecule has 0 saturated carbocycles. The molecule has 0 fully saturated rings. The molecule has 0 unspecified atom stereocenters. The predicted molar refractivity (Wildman–Crippen MR) is 174 cm³/mol. The third-order valence-corrected chi connectivity index (χ3v) is 19.8. The zero-order valence-corrected chi connectivity index (χ0v) is 27.7. The number of hydrogen-bond acceptors (Lipinski definition) is 0. The van der Waals surface area contributed by atoms with E-state index in [9.17, 15) is 0 Å². The van der Waals surface area contributed by atoms with Gasteiger partial charge in [0.25, 0.3) is 0 Å². The Balaban J connectivity index is 4.37. The Morgan fingerprint density at radius 2 is 0.500 bits per heavy atom. The van der Waals surface area contributed by atoms with E-state index in [0.717, 1.165) is 0 Å². The average Bonchev–Trinajstić information content (AvgIpc) is 2.84. The van der Waals surface area contributed by atoms with Crippen molar-refractivity contribution in [3.8, 4) is 0 Å². The first kappa shape index (κ1) is 35.2. The van der Waals surface area contributed by atoms with Gasteiger partial charge >= 0.3 is 233 Å². The molecule has 0 aliphatic rings. The van der Waals surface area contributed by atoms with Gasteiger partial charge in [0.05, 0.1) is 0 Å². The van der Waals surface area contributed by atoms with Crippen LogP contribution in [0.5, 0.6) is 0 Å². The molecule has 34 heavy (non-hydrogen) atoms. The summed E-state index contributed by atoms with van der Waals surface area (Å²) in [5, 5.41) is 0. The fourth-order valence-corrected chi connectivity index (χ4v) is 15.4. The molecule has 0 aromatic rings. The van der Waals surface area contributed by atoms with Gasteiger partial charge in [-0.25, -0.2) is 0 Å². The van der Waals surface area contributed by atoms with Crippen molar-refractivity contribution in [3.05, 3.63) is 0 Å². The van der Waals surface area contributed by atoms with Crippen LogP contribution in [0.25, 0.3) is 0 Å². The van der Waals surface area contributed by atoms with Crippen molar-refractivity contribution in [3.63, 3.8) is 0 Å². The molecule has 0 atom stereocenters. The molecule has 0 aromatic carbocycles. The van der Waals surface area contributed by atoms with Crippen molar-refractivity contribution >= 4 is 26.3 Å². The van der Waals surface area contributed by atoms with E-state index in [1.807, 2.05) is 0 Å². The second-order valence-electron chi connectivity index (χ2n) is 11.8. The maximum atomic E-state index is 3.16. The van der Waals surface area contributed by atoms with Gasteiger partial charge in [-0.15, -0.1) is 0 Å². The average molecular weight is 611 g/mol. The first-order valence-corrected chi connectivity index (χ1v) is 22.0. The van der Waals surface area contributed by atoms with Crippen LogP contribution in [0.3, 0.4) is 0 Å². The fourth-order valence-electron chi connectivity index (χ4n) is 5.77. The summed E-state index contributed by atoms with van der Waals surface area (Å²) in [5.74, 6) is 0. The van der Waals surface area contributed by atoms with E-state index in [-0.39, 0.29) is 0 Å². The number of hydrogen-bond donors (Lipinski definition) is 0. The van der Waals surface area contributed by atoms with E-state index in [1.54, 1.807) is 24.6 Å². The summed E-state index contributed by atoms with van der Waals surface area (Å²) in [6.07, 6.45) is 41.7. The predicted octanol–water partition coefficient (Wildman–Crippen LogP) is 13.3. The van der Waals surface area contributed by atoms with E-state index in [1.165, 1.54) is 154 Å². The molecule has 0 spiro atoms. The third-order valence-electron chi connectivity index (χ3n) is 8.28. The summed E-state index contributed by atoms with van der Waals surface area (Å²) in [6.45, 7) is 9.47. The molecule has 0 heterocycles. The van der Waals surface area contributed by atoms with E-state index in [4.69, 9.17) is 0 Å². The fraction of sp³-hybridized carbons (Fsp3) is 1.00. The minimum atomic E-state index is -1.54. The third kappa shape index (κ3) is 20.2. The van der Waals surface area contributed by atoms with Gasteiger partial charge in [0, 0.05) is 0 Å². The van der Waals surface area contributed by atoms with Crippen LogP contribution in [-0.2, 0) is 0 Å². The summed E-state index contributed by atoms with van der Waals surface area (Å²) in [5.41, 5.74) is 0. The maximum absolute atomic E-state index is 3.16. The molecular weight excluding hydrogens is 542 g/mol. The Kier molecular flexibility index (Phi) is 25.3. The quantitative estimate of drug-likeness (QED) is 0.0470. The molecule has 0 aliphatic heterocycles. The molecule has 0 bridgehead atoms. The summed E-state index contributed by atoms with van der Waals surface area (Å²) < 4.78 is -1.54. The zero-order valence-electron chi connectivity index (χ0n) is 24.6. The Hall–Kier alpha value is 1.16. The van der Waals surface area contributed by atoms with Gasteiger partial charge in [0.1, 0.15) is 0 Å². The number of halogens is 1. The number of rotatable bonds is 28. The second kappa shape index (κ2) is 24.5. The van der Waals surface area contributed by atoms with Crippen LogP contribution in [0.2, 0.25) is 0 Å². The van der Waals surface area contributed by atoms with E-state index >= 15 is 0 Å². The van der Waals surface area contributed by atoms with Gasteiger partial charge in [-0.1, -0.05) is 0 Å². The second-order valence-corrected chi connectivity index (χ2v) is 25.4. The van der Waals surface area contributed by atoms with Crippen molar-refractivity contribution in [2.24, 2.45) is 0 Å². The Morgan fingerprint density at radius 3 is 0.765 bits per heavy atom. The molecule has 0 aromatic heterocycles. The first-order chi connectivity index (χ1) is 16.5. The van der Waals surface area contributed by atoms with Crippen LogP contribution in [0.1, 0.15) is 182 Å². The molecule has 0 aliphatic carbocycles. The van der Waals surface area contributed by atoms with E-state index < -0.39 is 4.25 Å². The SMILES string of the molecule is CCCCCCCCCCCCP(I)(CCCC)(CCCC)CCCCCCCCCCCC. The van der Waals surface area contributed by atoms with Crippen molar-refractivity contribution < 1.29 is 0 Å². The molecule has 0 N–H and O–H groups in total. The van der Waals surface area contributed by atoms with Crippen molar-refractivity contribution in [1.29, 1.82) is 0 Å². The number of unbranched alkanes of at least 4 members (excludes halogenated alkanes) is 20. The molecule has 208 valence electrons. The topological polar surface area (TPSA) is 0 Å². The summed E-state index contributed by atoms with van der Waals surface area (Å²) in [7, 11) is 0. The summed E-state index contributed by atoms with van der Waals surface area (Å²) in [4.78, 5) is 0. The normalized spacial score (nSPS) is 13.3. The standard InChI is InChI=1S/C32H68IP/c1-5-9-13-15-17-19-21-23-25-27-31-34(33,29-11-7-3,30-12-8-4)32-28-26-24-22-20-18-16-14-10-6-2/h5-32H2,1-4H3. The van der Waals surface area contributed by atoms with Gasteiger partial charge in [0.2, 0.25) is 0 Å². The van der Waals surface area contributed by atoms with Crippen LogP contribution < -0.4 is 0 Å². The van der Waals surface area contributed by atoms with Crippen LogP contribution >= 0.6 is 26.3 Å². The zero-order chi connectivity index (χ0) is 25.2. The Morgan fingerprint density at radius 1 is 0.294 bits per heavy atom. The van der Waals surface area contributed by atoms with Crippen LogP contribution in [0, 0.1) is 0 Å². The van der Waals surface area contributed by atoms with Gasteiger partial charge in [-0.2, -0.15) is 0 Å². The van der Waals surface area contributed by atoms with Crippen molar-refractivity contribution in [2.45, 2.75) is 182 Å². The molecule has 0 amide bonds. The van der Waals surface area contributed by atoms with Crippen LogP contribution in [-0.4, -0.2) is 24.6 Å². The first-order valence-electron chi connectivity index (χ1n) is 16.3. The molecular formula is C32H68IP. The molecule has 2 heteroatoms. The van der Waals surface area contributed by atoms with Crippen LogP contribution in [0.4, 0.5) is 0 Å². The monoisotopic (exact) mass is 610 g/mol. The van der Waals surface area contributed by atoms with Gasteiger partial charge in [-0.05, 0) is 0 Å². The molecule has 0 rings (SSSR count). The van der Waals surface area contributed by atoms with Crippen molar-refractivity contribution in [2.75, 3.05) is 24.6 Å². The van der Waals surface area contributed by atoms with E-state index in [0.29, 0.717) is 0 Å². The molecule has 0 saturated heterocycles. The van der Waals surface area contributed by atoms with Gasteiger partial charge in [-0.3, -0.25) is 0 Å². The van der Waals surface area contributed by atoms with Crippen molar-refractivity contribution in [1.82, 2.24) is 0 Å². The molecule has 0 nitrogen and oxygen atoms in total. The van der Waals surface area contributed by atoms with Gasteiger partial charge < -0.3 is 0 Å². The van der Waals surface area contributed by atoms with Crippen LogP contribution in [0.15, 0.2) is 0 Å².